The van der Waals surface area contributed by atoms with E-state index in [0.717, 1.165) is 13.2 Å². The molecule has 0 bridgehead atoms. The Labute approximate surface area is 179 Å². The van der Waals surface area contributed by atoms with Crippen LogP contribution in [0.5, 0.6) is 0 Å². The minimum absolute atomic E-state index is 0.158. The molecule has 1 heterocycles. The average Bonchev–Trinajstić information content (AvgIpc) is 2.95. The van der Waals surface area contributed by atoms with Crippen molar-refractivity contribution in [1.82, 2.24) is 0 Å². The highest BCUT2D eigenvalue weighted by atomic mass is 32.2. The standard InChI is InChI=1S/C21H21FO8S/c1-21(22)17(29-19(24)15-11-7-4-8-12-15)16(28-20(21)30-31(2,25)26)13-27-18(23)14-9-5-3-6-10-14/h3-12,16-17,20H,13H2,1-2H3/t16-,17-,20?,21-/m1/s1. The third kappa shape index (κ3) is 5.66. The van der Waals surface area contributed by atoms with Crippen LogP contribution in [0.2, 0.25) is 0 Å². The van der Waals surface area contributed by atoms with E-state index in [2.05, 4.69) is 0 Å². The molecule has 166 valence electrons. The zero-order chi connectivity index (χ0) is 22.6. The van der Waals surface area contributed by atoms with Gasteiger partial charge in [0.15, 0.2) is 11.8 Å². The molecule has 1 fully saturated rings. The molecule has 0 amide bonds. The molecule has 2 aromatic rings. The number of carbonyl (C=O) groups excluding carboxylic acids is 2. The fraction of sp³-hybridized carbons (Fsp3) is 0.333. The zero-order valence-corrected chi connectivity index (χ0v) is 17.6. The third-order valence-electron chi connectivity index (χ3n) is 4.55. The van der Waals surface area contributed by atoms with Gasteiger partial charge < -0.3 is 14.2 Å². The fourth-order valence-electron chi connectivity index (χ4n) is 3.03. The number of esters is 2. The molecule has 0 aromatic heterocycles. The number of ether oxygens (including phenoxy) is 3. The summed E-state index contributed by atoms with van der Waals surface area (Å²) < 4.78 is 59.1. The maximum Gasteiger partial charge on any atom is 0.338 e. The summed E-state index contributed by atoms with van der Waals surface area (Å²) >= 11 is 0. The molecule has 4 atom stereocenters. The molecule has 0 aliphatic carbocycles. The summed E-state index contributed by atoms with van der Waals surface area (Å²) in [6.45, 7) is 0.494. The summed E-state index contributed by atoms with van der Waals surface area (Å²) in [5, 5.41) is 0. The quantitative estimate of drug-likeness (QED) is 0.466. The Bertz CT molecular complexity index is 1020. The van der Waals surface area contributed by atoms with E-state index in [1.165, 1.54) is 24.3 Å². The number of hydrogen-bond acceptors (Lipinski definition) is 8. The van der Waals surface area contributed by atoms with Gasteiger partial charge in [-0.25, -0.2) is 18.2 Å². The van der Waals surface area contributed by atoms with Gasteiger partial charge in [0, 0.05) is 0 Å². The Kier molecular flexibility index (Phi) is 6.73. The van der Waals surface area contributed by atoms with Gasteiger partial charge in [-0.3, -0.25) is 0 Å². The second kappa shape index (κ2) is 9.13. The molecular formula is C21H21FO8S. The van der Waals surface area contributed by atoms with E-state index in [9.17, 15) is 18.0 Å². The highest BCUT2D eigenvalue weighted by Crippen LogP contribution is 2.38. The Hall–Kier alpha value is -2.82. The van der Waals surface area contributed by atoms with Crippen molar-refractivity contribution in [1.29, 1.82) is 0 Å². The zero-order valence-electron chi connectivity index (χ0n) is 16.8. The molecular weight excluding hydrogens is 431 g/mol. The Morgan fingerprint density at radius 3 is 2.03 bits per heavy atom. The van der Waals surface area contributed by atoms with Gasteiger partial charge in [-0.15, -0.1) is 0 Å². The second-order valence-corrected chi connectivity index (χ2v) is 8.72. The smallest absolute Gasteiger partial charge is 0.338 e. The number of halogens is 1. The number of alkyl halides is 1. The van der Waals surface area contributed by atoms with E-state index >= 15 is 4.39 Å². The molecule has 10 heteroatoms. The summed E-state index contributed by atoms with van der Waals surface area (Å²) in [5.74, 6) is -1.55. The van der Waals surface area contributed by atoms with Crippen molar-refractivity contribution >= 4 is 22.1 Å². The van der Waals surface area contributed by atoms with Gasteiger partial charge in [0.1, 0.15) is 12.7 Å². The van der Waals surface area contributed by atoms with Crippen molar-refractivity contribution in [2.45, 2.75) is 31.1 Å². The summed E-state index contributed by atoms with van der Waals surface area (Å²) in [5.41, 5.74) is -2.13. The molecule has 8 nitrogen and oxygen atoms in total. The first-order chi connectivity index (χ1) is 14.6. The van der Waals surface area contributed by atoms with Crippen molar-refractivity contribution in [3.8, 4) is 0 Å². The first-order valence-electron chi connectivity index (χ1n) is 9.29. The van der Waals surface area contributed by atoms with Gasteiger partial charge in [0.05, 0.1) is 17.4 Å². The maximum atomic E-state index is 15.5. The van der Waals surface area contributed by atoms with Crippen LogP contribution in [0, 0.1) is 0 Å². The SMILES string of the molecule is C[C@]1(F)C(OS(C)(=O)=O)O[C@H](COC(=O)c2ccccc2)[C@H]1OC(=O)c1ccccc1. The van der Waals surface area contributed by atoms with Crippen LogP contribution in [0.1, 0.15) is 27.6 Å². The number of carbonyl (C=O) groups is 2. The molecule has 1 unspecified atom stereocenters. The first kappa shape index (κ1) is 22.9. The molecule has 1 saturated heterocycles. The lowest BCUT2D eigenvalue weighted by Crippen LogP contribution is -2.46. The van der Waals surface area contributed by atoms with Crippen LogP contribution in [0.4, 0.5) is 4.39 Å². The predicted octanol–water partition coefficient (Wildman–Crippen LogP) is 2.50. The largest absolute Gasteiger partial charge is 0.459 e. The minimum Gasteiger partial charge on any atom is -0.459 e. The molecule has 1 aliphatic heterocycles. The van der Waals surface area contributed by atoms with Gasteiger partial charge in [-0.2, -0.15) is 8.42 Å². The Balaban J connectivity index is 1.79. The summed E-state index contributed by atoms with van der Waals surface area (Å²) in [7, 11) is -4.09. The molecule has 31 heavy (non-hydrogen) atoms. The Morgan fingerprint density at radius 1 is 1.00 bits per heavy atom. The highest BCUT2D eigenvalue weighted by Gasteiger charge is 2.59. The van der Waals surface area contributed by atoms with Crippen LogP contribution >= 0.6 is 0 Å². The molecule has 0 radical (unpaired) electrons. The van der Waals surface area contributed by atoms with E-state index in [0.29, 0.717) is 0 Å². The second-order valence-electron chi connectivity index (χ2n) is 7.11. The number of hydrogen-bond donors (Lipinski definition) is 0. The number of rotatable bonds is 7. The Morgan fingerprint density at radius 2 is 1.52 bits per heavy atom. The van der Waals surface area contributed by atoms with Gasteiger partial charge in [-0.05, 0) is 31.2 Å². The summed E-state index contributed by atoms with van der Waals surface area (Å²) in [6.07, 6.45) is -4.06. The van der Waals surface area contributed by atoms with E-state index in [-0.39, 0.29) is 11.1 Å². The van der Waals surface area contributed by atoms with Crippen LogP contribution in [-0.4, -0.2) is 57.4 Å². The van der Waals surface area contributed by atoms with Gasteiger partial charge in [0.2, 0.25) is 6.29 Å². The molecule has 3 rings (SSSR count). The first-order valence-corrected chi connectivity index (χ1v) is 11.1. The molecule has 2 aromatic carbocycles. The molecule has 0 N–H and O–H groups in total. The average molecular weight is 452 g/mol. The van der Waals surface area contributed by atoms with E-state index in [4.69, 9.17) is 18.4 Å². The minimum atomic E-state index is -4.09. The van der Waals surface area contributed by atoms with E-state index < -0.39 is 52.8 Å². The van der Waals surface area contributed by atoms with Crippen LogP contribution in [0.25, 0.3) is 0 Å². The monoisotopic (exact) mass is 452 g/mol. The van der Waals surface area contributed by atoms with Crippen LogP contribution in [-0.2, 0) is 28.5 Å². The summed E-state index contributed by atoms with van der Waals surface area (Å²) in [4.78, 5) is 24.7. The van der Waals surface area contributed by atoms with Crippen molar-refractivity contribution in [3.63, 3.8) is 0 Å². The lowest BCUT2D eigenvalue weighted by molar-refractivity contribution is -0.123. The predicted molar refractivity (Wildman–Crippen MR) is 106 cm³/mol. The van der Waals surface area contributed by atoms with Crippen molar-refractivity contribution in [3.05, 3.63) is 71.8 Å². The van der Waals surface area contributed by atoms with Crippen LogP contribution in [0.3, 0.4) is 0 Å². The molecule has 0 spiro atoms. The molecule has 0 saturated carbocycles. The fourth-order valence-corrected chi connectivity index (χ4v) is 3.58. The lowest BCUT2D eigenvalue weighted by Gasteiger charge is -2.26. The topological polar surface area (TPSA) is 105 Å². The van der Waals surface area contributed by atoms with Gasteiger partial charge in [-0.1, -0.05) is 36.4 Å². The lowest BCUT2D eigenvalue weighted by atomic mass is 9.99. The molecule has 1 aliphatic rings. The normalized spacial score (nSPS) is 25.7. The van der Waals surface area contributed by atoms with Crippen molar-refractivity contribution in [2.75, 3.05) is 12.9 Å². The van der Waals surface area contributed by atoms with Crippen LogP contribution < -0.4 is 0 Å². The third-order valence-corrected chi connectivity index (χ3v) is 5.07. The van der Waals surface area contributed by atoms with E-state index in [1.807, 2.05) is 0 Å². The highest BCUT2D eigenvalue weighted by molar-refractivity contribution is 7.86. The number of benzene rings is 2. The maximum absolute atomic E-state index is 15.5. The van der Waals surface area contributed by atoms with Gasteiger partial charge >= 0.3 is 11.9 Å². The van der Waals surface area contributed by atoms with Crippen molar-refractivity contribution < 1.29 is 40.8 Å². The van der Waals surface area contributed by atoms with Crippen molar-refractivity contribution in [2.24, 2.45) is 0 Å². The summed E-state index contributed by atoms with van der Waals surface area (Å²) in [6, 6.07) is 15.9. The van der Waals surface area contributed by atoms with Crippen LogP contribution in [0.15, 0.2) is 60.7 Å². The van der Waals surface area contributed by atoms with E-state index in [1.54, 1.807) is 36.4 Å². The van der Waals surface area contributed by atoms with Gasteiger partial charge in [0.25, 0.3) is 10.1 Å².